The van der Waals surface area contributed by atoms with Crippen molar-refractivity contribution in [2.45, 2.75) is 33.4 Å². The molecule has 0 saturated carbocycles. The molecule has 3 aromatic rings. The molecule has 0 radical (unpaired) electrons. The van der Waals surface area contributed by atoms with E-state index in [9.17, 15) is 14.9 Å². The van der Waals surface area contributed by atoms with Gasteiger partial charge in [-0.2, -0.15) is 10.2 Å². The monoisotopic (exact) mass is 383 g/mol. The van der Waals surface area contributed by atoms with E-state index in [4.69, 9.17) is 0 Å². The van der Waals surface area contributed by atoms with Crippen molar-refractivity contribution in [2.24, 2.45) is 0 Å². The van der Waals surface area contributed by atoms with Crippen LogP contribution in [-0.4, -0.2) is 47.3 Å². The number of hydrogen-bond donors (Lipinski definition) is 0. The van der Waals surface area contributed by atoms with Crippen molar-refractivity contribution in [1.82, 2.24) is 29.4 Å². The second-order valence-electron chi connectivity index (χ2n) is 6.55. The highest BCUT2D eigenvalue weighted by Gasteiger charge is 2.25. The lowest BCUT2D eigenvalue weighted by atomic mass is 10.1. The summed E-state index contributed by atoms with van der Waals surface area (Å²) < 4.78 is 3.03. The quantitative estimate of drug-likeness (QED) is 0.476. The van der Waals surface area contributed by atoms with Crippen molar-refractivity contribution in [1.29, 1.82) is 0 Å². The third kappa shape index (κ3) is 3.61. The molecule has 0 unspecified atom stereocenters. The molecule has 1 aromatic carbocycles. The van der Waals surface area contributed by atoms with Crippen LogP contribution in [0.5, 0.6) is 0 Å². The van der Waals surface area contributed by atoms with Gasteiger partial charge in [0.2, 0.25) is 5.91 Å². The highest BCUT2D eigenvalue weighted by Crippen LogP contribution is 2.23. The molecule has 28 heavy (non-hydrogen) atoms. The number of carbonyl (C=O) groups is 1. The van der Waals surface area contributed by atoms with Crippen LogP contribution in [0.15, 0.2) is 36.9 Å². The Morgan fingerprint density at radius 1 is 1.29 bits per heavy atom. The topological polar surface area (TPSA) is 112 Å². The number of hydrogen-bond acceptors (Lipinski definition) is 6. The predicted molar refractivity (Wildman–Crippen MR) is 101 cm³/mol. The first-order valence-electron chi connectivity index (χ1n) is 8.68. The van der Waals surface area contributed by atoms with Crippen LogP contribution in [0.3, 0.4) is 0 Å². The zero-order valence-corrected chi connectivity index (χ0v) is 16.1. The van der Waals surface area contributed by atoms with Crippen LogP contribution in [0.2, 0.25) is 0 Å². The largest absolute Gasteiger partial charge is 0.337 e. The molecule has 1 amide bonds. The van der Waals surface area contributed by atoms with Crippen molar-refractivity contribution in [3.05, 3.63) is 64.0 Å². The summed E-state index contributed by atoms with van der Waals surface area (Å²) in [6.07, 6.45) is 3.08. The summed E-state index contributed by atoms with van der Waals surface area (Å²) >= 11 is 0. The molecule has 0 fully saturated rings. The molecule has 0 aliphatic carbocycles. The van der Waals surface area contributed by atoms with Crippen LogP contribution >= 0.6 is 0 Å². The molecule has 0 aliphatic heterocycles. The molecule has 0 N–H and O–H groups in total. The predicted octanol–water partition coefficient (Wildman–Crippen LogP) is 2.21. The van der Waals surface area contributed by atoms with E-state index >= 15 is 0 Å². The second kappa shape index (κ2) is 7.59. The number of rotatable bonds is 6. The molecule has 0 saturated heterocycles. The van der Waals surface area contributed by atoms with E-state index in [-0.39, 0.29) is 24.2 Å². The van der Waals surface area contributed by atoms with Crippen molar-refractivity contribution < 1.29 is 9.72 Å². The Morgan fingerprint density at radius 3 is 2.50 bits per heavy atom. The maximum absolute atomic E-state index is 12.7. The number of carbonyl (C=O) groups excluding carboxylic acids is 1. The number of nitrogens with zero attached hydrogens (tertiary/aromatic N) is 7. The van der Waals surface area contributed by atoms with Crippen LogP contribution in [-0.2, 0) is 11.3 Å². The van der Waals surface area contributed by atoms with E-state index in [0.717, 1.165) is 11.3 Å². The zero-order valence-electron chi connectivity index (χ0n) is 16.1. The van der Waals surface area contributed by atoms with Gasteiger partial charge < -0.3 is 4.90 Å². The van der Waals surface area contributed by atoms with Gasteiger partial charge in [-0.3, -0.25) is 19.6 Å². The number of aromatic nitrogens is 5. The van der Waals surface area contributed by atoms with Gasteiger partial charge in [0.15, 0.2) is 0 Å². The van der Waals surface area contributed by atoms with Gasteiger partial charge in [-0.25, -0.2) is 9.67 Å². The maximum atomic E-state index is 12.7. The molecule has 0 aliphatic rings. The van der Waals surface area contributed by atoms with Gasteiger partial charge >= 0.3 is 5.69 Å². The lowest BCUT2D eigenvalue weighted by molar-refractivity contribution is -0.386. The average molecular weight is 383 g/mol. The van der Waals surface area contributed by atoms with Crippen LogP contribution in [0.25, 0.3) is 5.69 Å². The van der Waals surface area contributed by atoms with Crippen LogP contribution in [0.4, 0.5) is 5.69 Å². The first-order chi connectivity index (χ1) is 13.3. The van der Waals surface area contributed by atoms with Gasteiger partial charge in [-0.1, -0.05) is 12.1 Å². The molecule has 10 nitrogen and oxygen atoms in total. The van der Waals surface area contributed by atoms with E-state index in [1.807, 2.05) is 31.2 Å². The number of amides is 1. The lowest BCUT2D eigenvalue weighted by Gasteiger charge is -2.25. The summed E-state index contributed by atoms with van der Waals surface area (Å²) in [5, 5.41) is 19.4. The molecule has 10 heteroatoms. The van der Waals surface area contributed by atoms with E-state index in [2.05, 4.69) is 15.2 Å². The van der Waals surface area contributed by atoms with Crippen molar-refractivity contribution in [3.63, 3.8) is 0 Å². The number of aryl methyl sites for hydroxylation is 1. The third-order valence-electron chi connectivity index (χ3n) is 4.84. The fourth-order valence-electron chi connectivity index (χ4n) is 3.03. The average Bonchev–Trinajstić information content (AvgIpc) is 3.29. The minimum atomic E-state index is -0.471. The Morgan fingerprint density at radius 2 is 1.96 bits per heavy atom. The van der Waals surface area contributed by atoms with E-state index in [1.54, 1.807) is 36.8 Å². The fraction of sp³-hybridized carbons (Fsp3) is 0.333. The first kappa shape index (κ1) is 19.2. The highest BCUT2D eigenvalue weighted by atomic mass is 16.6. The van der Waals surface area contributed by atoms with Gasteiger partial charge in [0.05, 0.1) is 16.7 Å². The summed E-state index contributed by atoms with van der Waals surface area (Å²) in [6.45, 7) is 5.03. The van der Waals surface area contributed by atoms with Gasteiger partial charge in [-0.05, 0) is 38.5 Å². The van der Waals surface area contributed by atoms with Gasteiger partial charge in [0.1, 0.15) is 30.6 Å². The Bertz CT molecular complexity index is 993. The first-order valence-corrected chi connectivity index (χ1v) is 8.68. The summed E-state index contributed by atoms with van der Waals surface area (Å²) in [7, 11) is 1.71. The highest BCUT2D eigenvalue weighted by molar-refractivity contribution is 5.76. The molecule has 1 atom stereocenters. The SMILES string of the molecule is Cc1nn(CC(=O)N(C)[C@@H](C)c2ccc(-n3cncn3)cc2)c(C)c1[N+](=O)[O-]. The molecule has 2 aromatic heterocycles. The van der Waals surface area contributed by atoms with Crippen molar-refractivity contribution in [3.8, 4) is 5.69 Å². The molecule has 2 heterocycles. The molecule has 146 valence electrons. The van der Waals surface area contributed by atoms with Gasteiger partial charge in [0, 0.05) is 7.05 Å². The second-order valence-corrected chi connectivity index (χ2v) is 6.55. The Balaban J connectivity index is 1.72. The molecule has 0 bridgehead atoms. The molecule has 3 rings (SSSR count). The van der Waals surface area contributed by atoms with E-state index < -0.39 is 4.92 Å². The lowest BCUT2D eigenvalue weighted by Crippen LogP contribution is -2.33. The minimum Gasteiger partial charge on any atom is -0.337 e. The summed E-state index contributed by atoms with van der Waals surface area (Å²) in [5.74, 6) is -0.187. The Kier molecular flexibility index (Phi) is 5.21. The summed E-state index contributed by atoms with van der Waals surface area (Å²) in [4.78, 5) is 28.9. The van der Waals surface area contributed by atoms with Crippen LogP contribution < -0.4 is 0 Å². The third-order valence-corrected chi connectivity index (χ3v) is 4.84. The van der Waals surface area contributed by atoms with Crippen LogP contribution in [0, 0.1) is 24.0 Å². The minimum absolute atomic E-state index is 0.0489. The maximum Gasteiger partial charge on any atom is 0.312 e. The van der Waals surface area contributed by atoms with Gasteiger partial charge in [-0.15, -0.1) is 0 Å². The normalized spacial score (nSPS) is 12.0. The van der Waals surface area contributed by atoms with Crippen molar-refractivity contribution in [2.75, 3.05) is 7.05 Å². The molecular weight excluding hydrogens is 362 g/mol. The molecular formula is C18H21N7O3. The summed E-state index contributed by atoms with van der Waals surface area (Å²) in [5.41, 5.74) is 2.45. The smallest absolute Gasteiger partial charge is 0.312 e. The van der Waals surface area contributed by atoms with Crippen LogP contribution in [0.1, 0.15) is 29.9 Å². The standard InChI is InChI=1S/C18H21N7O3/c1-12-18(25(27)28)14(3)23(21-12)9-17(26)22(4)13(2)15-5-7-16(8-6-15)24-11-19-10-20-24/h5-8,10-11,13H,9H2,1-4H3/t13-/m0/s1. The summed E-state index contributed by atoms with van der Waals surface area (Å²) in [6, 6.07) is 7.50. The number of benzene rings is 1. The Hall–Kier alpha value is -3.56. The Labute approximate surface area is 161 Å². The number of likely N-dealkylation sites (N-methyl/N-ethyl adjacent to an activating group) is 1. The van der Waals surface area contributed by atoms with Crippen molar-refractivity contribution >= 4 is 11.6 Å². The van der Waals surface area contributed by atoms with E-state index in [0.29, 0.717) is 11.4 Å². The zero-order chi connectivity index (χ0) is 20.4. The molecule has 0 spiro atoms. The number of nitro groups is 1. The van der Waals surface area contributed by atoms with Gasteiger partial charge in [0.25, 0.3) is 0 Å². The fourth-order valence-corrected chi connectivity index (χ4v) is 3.03. The van der Waals surface area contributed by atoms with E-state index in [1.165, 1.54) is 11.0 Å².